The van der Waals surface area contributed by atoms with Crippen molar-refractivity contribution in [3.05, 3.63) is 71.8 Å². The van der Waals surface area contributed by atoms with Crippen LogP contribution >= 0.6 is 0 Å². The van der Waals surface area contributed by atoms with E-state index in [4.69, 9.17) is 14.8 Å². The first kappa shape index (κ1) is 35.3. The van der Waals surface area contributed by atoms with Crippen molar-refractivity contribution in [1.82, 2.24) is 30.0 Å². The van der Waals surface area contributed by atoms with Gasteiger partial charge in [0.15, 0.2) is 0 Å². The number of hydrogen-bond acceptors (Lipinski definition) is 12. The van der Waals surface area contributed by atoms with Gasteiger partial charge in [-0.2, -0.15) is 5.10 Å². The molecule has 8 heterocycles. The van der Waals surface area contributed by atoms with E-state index in [0.717, 1.165) is 100 Å². The van der Waals surface area contributed by atoms with E-state index in [1.54, 1.807) is 0 Å². The number of likely N-dealkylation sites (tertiary alicyclic amines) is 1. The van der Waals surface area contributed by atoms with Gasteiger partial charge in [-0.3, -0.25) is 19.6 Å². The summed E-state index contributed by atoms with van der Waals surface area (Å²) in [5.74, 6) is 1.82. The lowest BCUT2D eigenvalue weighted by Gasteiger charge is -2.38. The third-order valence-corrected chi connectivity index (χ3v) is 12.1. The molecule has 1 aromatic carbocycles. The highest BCUT2D eigenvalue weighted by molar-refractivity contribution is 6.01. The van der Waals surface area contributed by atoms with Crippen LogP contribution in [0.1, 0.15) is 61.3 Å². The van der Waals surface area contributed by atoms with Crippen molar-refractivity contribution in [1.29, 1.82) is 0 Å². The molecule has 5 aliphatic heterocycles. The van der Waals surface area contributed by atoms with Gasteiger partial charge in [0.25, 0.3) is 0 Å². The number of piperidine rings is 3. The second-order valence-corrected chi connectivity index (χ2v) is 15.7. The summed E-state index contributed by atoms with van der Waals surface area (Å²) < 4.78 is 7.90. The molecule has 55 heavy (non-hydrogen) atoms. The quantitative estimate of drug-likeness (QED) is 0.174. The maximum atomic E-state index is 12.1. The Morgan fingerprint density at radius 3 is 2.53 bits per heavy atom. The van der Waals surface area contributed by atoms with Crippen LogP contribution in [-0.4, -0.2) is 94.9 Å². The van der Waals surface area contributed by atoms with Gasteiger partial charge in [0.1, 0.15) is 24.2 Å². The summed E-state index contributed by atoms with van der Waals surface area (Å²) in [6.07, 6.45) is 14.5. The normalized spacial score (nSPS) is 20.9. The minimum absolute atomic E-state index is 0.193. The summed E-state index contributed by atoms with van der Waals surface area (Å²) in [5, 5.41) is 17.5. The fraction of sp³-hybridized carbons (Fsp3) is 0.488. The molecule has 288 valence electrons. The molecule has 3 fully saturated rings. The second kappa shape index (κ2) is 15.4. The third-order valence-electron chi connectivity index (χ3n) is 12.1. The third kappa shape index (κ3) is 7.77. The summed E-state index contributed by atoms with van der Waals surface area (Å²) >= 11 is 0. The number of benzene rings is 1. The van der Waals surface area contributed by atoms with Crippen LogP contribution in [0.2, 0.25) is 0 Å². The number of amides is 2. The molecular formula is C41H51N11O3. The van der Waals surface area contributed by atoms with E-state index < -0.39 is 0 Å². The fourth-order valence-electron chi connectivity index (χ4n) is 8.90. The van der Waals surface area contributed by atoms with Gasteiger partial charge in [-0.05, 0) is 92.8 Å². The molecule has 14 heteroatoms. The largest absolute Gasteiger partial charge is 0.474 e. The van der Waals surface area contributed by atoms with Crippen molar-refractivity contribution in [3.8, 4) is 5.88 Å². The van der Waals surface area contributed by atoms with E-state index in [2.05, 4.69) is 77.0 Å². The predicted molar refractivity (Wildman–Crippen MR) is 213 cm³/mol. The molecule has 9 rings (SSSR count). The number of imide groups is 1. The fourth-order valence-corrected chi connectivity index (χ4v) is 8.90. The number of fused-ring (bicyclic) bond motifs is 2. The Morgan fingerprint density at radius 1 is 0.873 bits per heavy atom. The lowest BCUT2D eigenvalue weighted by Crippen LogP contribution is -2.47. The first-order chi connectivity index (χ1) is 26.9. The molecular weight excluding hydrogens is 695 g/mol. The van der Waals surface area contributed by atoms with Gasteiger partial charge in [0.05, 0.1) is 29.8 Å². The maximum Gasteiger partial charge on any atom is 0.249 e. The minimum atomic E-state index is -0.363. The van der Waals surface area contributed by atoms with E-state index in [1.165, 1.54) is 35.2 Å². The van der Waals surface area contributed by atoms with Crippen molar-refractivity contribution in [2.75, 3.05) is 78.2 Å². The highest BCUT2D eigenvalue weighted by Crippen LogP contribution is 2.37. The molecule has 3 aromatic heterocycles. The zero-order valence-corrected chi connectivity index (χ0v) is 31.6. The molecule has 4 aromatic rings. The molecule has 2 amide bonds. The highest BCUT2D eigenvalue weighted by Gasteiger charge is 2.28. The molecule has 3 saturated heterocycles. The number of anilines is 6. The van der Waals surface area contributed by atoms with E-state index in [1.807, 2.05) is 30.7 Å². The number of carbonyl (C=O) groups excluding carboxylic acids is 2. The van der Waals surface area contributed by atoms with Gasteiger partial charge >= 0.3 is 0 Å². The Hall–Kier alpha value is -5.37. The molecule has 4 N–H and O–H groups in total. The Balaban J connectivity index is 0.727. The standard InChI is InChI=1S/C41H51N11O3/c1-27-36(23-44-41-39(27)42-13-19-55-41)51-18-10-29-21-43-37(20-30(29)25-51)47-32-22-45-52(26-32)34-11-14-49(15-12-34)24-28-8-16-50(17-9-28)33-4-2-31(3-5-33)46-35-6-7-38(53)48-40(35)54/h2-5,20-23,26,28,34-35,42,46H,6-19,24-25H2,1H3,(H,43,47)(H,48,53,54). The zero-order chi connectivity index (χ0) is 37.3. The van der Waals surface area contributed by atoms with Crippen LogP contribution in [0, 0.1) is 12.8 Å². The number of nitrogens with one attached hydrogen (secondary N) is 4. The number of carbonyl (C=O) groups is 2. The molecule has 1 unspecified atom stereocenters. The second-order valence-electron chi connectivity index (χ2n) is 15.7. The van der Waals surface area contributed by atoms with Crippen molar-refractivity contribution in [2.24, 2.45) is 5.92 Å². The van der Waals surface area contributed by atoms with Crippen molar-refractivity contribution in [3.63, 3.8) is 0 Å². The summed E-state index contributed by atoms with van der Waals surface area (Å²) in [6.45, 7) is 10.8. The summed E-state index contributed by atoms with van der Waals surface area (Å²) in [6, 6.07) is 10.6. The summed E-state index contributed by atoms with van der Waals surface area (Å²) in [5.41, 5.74) is 9.02. The van der Waals surface area contributed by atoms with Crippen LogP contribution in [0.5, 0.6) is 5.88 Å². The Labute approximate surface area is 322 Å². The van der Waals surface area contributed by atoms with E-state index in [-0.39, 0.29) is 17.9 Å². The lowest BCUT2D eigenvalue weighted by atomic mass is 9.94. The predicted octanol–water partition coefficient (Wildman–Crippen LogP) is 4.86. The monoisotopic (exact) mass is 745 g/mol. The van der Waals surface area contributed by atoms with Crippen LogP contribution in [0.15, 0.2) is 55.1 Å². The van der Waals surface area contributed by atoms with Crippen molar-refractivity contribution < 1.29 is 14.3 Å². The first-order valence-electron chi connectivity index (χ1n) is 20.0. The van der Waals surface area contributed by atoms with Gasteiger partial charge in [-0.15, -0.1) is 0 Å². The molecule has 0 spiro atoms. The first-order valence-corrected chi connectivity index (χ1v) is 20.0. The van der Waals surface area contributed by atoms with Crippen molar-refractivity contribution in [2.45, 2.75) is 70.5 Å². The lowest BCUT2D eigenvalue weighted by molar-refractivity contribution is -0.133. The maximum absolute atomic E-state index is 12.1. The van der Waals surface area contributed by atoms with Gasteiger partial charge in [0, 0.05) is 88.1 Å². The number of nitrogens with zero attached hydrogens (tertiary/aromatic N) is 7. The number of hydrogen-bond donors (Lipinski definition) is 4. The molecule has 0 bridgehead atoms. The van der Waals surface area contributed by atoms with Crippen LogP contribution in [-0.2, 0) is 22.6 Å². The zero-order valence-electron chi connectivity index (χ0n) is 31.6. The average molecular weight is 746 g/mol. The molecule has 0 saturated carbocycles. The topological polar surface area (TPSA) is 145 Å². The average Bonchev–Trinajstić information content (AvgIpc) is 3.68. The van der Waals surface area contributed by atoms with E-state index in [0.29, 0.717) is 37.3 Å². The number of pyridine rings is 2. The van der Waals surface area contributed by atoms with Crippen LogP contribution < -0.4 is 35.8 Å². The Kier molecular flexibility index (Phi) is 9.90. The minimum Gasteiger partial charge on any atom is -0.474 e. The molecule has 0 radical (unpaired) electrons. The highest BCUT2D eigenvalue weighted by atomic mass is 16.5. The number of rotatable bonds is 9. The van der Waals surface area contributed by atoms with E-state index >= 15 is 0 Å². The number of aromatic nitrogens is 4. The van der Waals surface area contributed by atoms with Crippen molar-refractivity contribution >= 4 is 46.1 Å². The molecule has 5 aliphatic rings. The molecule has 0 aliphatic carbocycles. The van der Waals surface area contributed by atoms with Gasteiger partial charge < -0.3 is 35.4 Å². The smallest absolute Gasteiger partial charge is 0.249 e. The van der Waals surface area contributed by atoms with Gasteiger partial charge in [0.2, 0.25) is 17.7 Å². The number of ether oxygens (including phenoxy) is 1. The molecule has 1 atom stereocenters. The van der Waals surface area contributed by atoms with Crippen LogP contribution in [0.3, 0.4) is 0 Å². The van der Waals surface area contributed by atoms with Crippen LogP contribution in [0.25, 0.3) is 0 Å². The summed E-state index contributed by atoms with van der Waals surface area (Å²) in [7, 11) is 0. The molecule has 14 nitrogen and oxygen atoms in total. The van der Waals surface area contributed by atoms with Gasteiger partial charge in [-0.1, -0.05) is 0 Å². The van der Waals surface area contributed by atoms with Crippen LogP contribution in [0.4, 0.5) is 34.3 Å². The summed E-state index contributed by atoms with van der Waals surface area (Å²) in [4.78, 5) is 40.5. The Morgan fingerprint density at radius 2 is 1.71 bits per heavy atom. The van der Waals surface area contributed by atoms with E-state index in [9.17, 15) is 9.59 Å². The Bertz CT molecular complexity index is 2020. The SMILES string of the molecule is Cc1c(N2CCc3cnc(Nc4cnn(C5CCN(CC6CCN(c7ccc(NC8CCC(=O)NC8=O)cc7)CC6)CC5)c4)cc3C2)cnc2c1NCCO2. The van der Waals surface area contributed by atoms with Gasteiger partial charge in [-0.25, -0.2) is 9.97 Å².